The maximum atomic E-state index is 10.5. The van der Waals surface area contributed by atoms with E-state index in [0.29, 0.717) is 0 Å². The Morgan fingerprint density at radius 1 is 1.00 bits per heavy atom. The van der Waals surface area contributed by atoms with E-state index in [1.165, 1.54) is 6.42 Å². The standard InChI is InChI=1S/C7H12O6.C6H13NO3S/c8-3-1-7(13,6(11)12)2-4(9)5(3)10;8-11(9,10)7-6-4-2-1-3-5-6/h3-5,8-10,13H,1-2H2,(H,11,12);6-7H,1-5H2,(H,8,9,10)/t3-,4?,5?,7?;/m1./s1. The summed E-state index contributed by atoms with van der Waals surface area (Å²) < 4.78 is 31.3. The van der Waals surface area contributed by atoms with Gasteiger partial charge in [0.2, 0.25) is 0 Å². The quantitative estimate of drug-likeness (QED) is 0.287. The molecule has 4 atom stereocenters. The van der Waals surface area contributed by atoms with Gasteiger partial charge in [-0.05, 0) is 12.8 Å². The van der Waals surface area contributed by atoms with Gasteiger partial charge in [-0.25, -0.2) is 4.79 Å². The van der Waals surface area contributed by atoms with E-state index in [4.69, 9.17) is 25.0 Å². The van der Waals surface area contributed by atoms with Crippen LogP contribution in [-0.4, -0.2) is 74.4 Å². The third kappa shape index (κ3) is 6.59. The van der Waals surface area contributed by atoms with Gasteiger partial charge in [-0.2, -0.15) is 13.1 Å². The van der Waals surface area contributed by atoms with Crippen LogP contribution in [0.5, 0.6) is 0 Å². The van der Waals surface area contributed by atoms with Gasteiger partial charge in [-0.3, -0.25) is 4.55 Å². The van der Waals surface area contributed by atoms with Gasteiger partial charge in [0, 0.05) is 18.9 Å². The molecule has 2 aliphatic rings. The van der Waals surface area contributed by atoms with Gasteiger partial charge in [0.1, 0.15) is 6.10 Å². The van der Waals surface area contributed by atoms with Crippen molar-refractivity contribution < 1.29 is 43.3 Å². The fourth-order valence-corrected chi connectivity index (χ4v) is 3.54. The molecule has 2 saturated carbocycles. The second-order valence-electron chi connectivity index (χ2n) is 6.30. The lowest BCUT2D eigenvalue weighted by Gasteiger charge is -2.37. The maximum absolute atomic E-state index is 10.5. The SMILES string of the molecule is O=C(O)C1(O)CC(O)C(O)[C@H](O)C1.O=S(=O)(O)NC1CCCCC1. The molecule has 0 radical (unpaired) electrons. The first kappa shape index (κ1) is 21.2. The molecule has 11 heteroatoms. The molecule has 0 aliphatic heterocycles. The molecule has 0 aromatic rings. The molecule has 7 N–H and O–H groups in total. The molecule has 0 aromatic heterocycles. The molecular weight excluding hydrogens is 346 g/mol. The molecule has 0 amide bonds. The maximum Gasteiger partial charge on any atom is 0.335 e. The third-order valence-corrected chi connectivity index (χ3v) is 4.83. The van der Waals surface area contributed by atoms with Gasteiger partial charge < -0.3 is 25.5 Å². The van der Waals surface area contributed by atoms with Crippen molar-refractivity contribution in [3.8, 4) is 0 Å². The minimum atomic E-state index is -3.97. The van der Waals surface area contributed by atoms with Gasteiger partial charge in [-0.15, -0.1) is 0 Å². The molecule has 142 valence electrons. The molecule has 0 bridgehead atoms. The predicted octanol–water partition coefficient (Wildman–Crippen LogP) is -1.61. The molecule has 10 nitrogen and oxygen atoms in total. The Balaban J connectivity index is 0.000000243. The van der Waals surface area contributed by atoms with E-state index in [1.54, 1.807) is 0 Å². The molecule has 2 fully saturated rings. The molecule has 0 saturated heterocycles. The highest BCUT2D eigenvalue weighted by atomic mass is 32.2. The number of hydrogen-bond acceptors (Lipinski definition) is 7. The Bertz CT molecular complexity index is 506. The highest BCUT2D eigenvalue weighted by Crippen LogP contribution is 2.29. The highest BCUT2D eigenvalue weighted by Gasteiger charge is 2.48. The summed E-state index contributed by atoms with van der Waals surface area (Å²) in [4.78, 5) is 10.5. The van der Waals surface area contributed by atoms with Gasteiger partial charge in [-0.1, -0.05) is 19.3 Å². The topological polar surface area (TPSA) is 185 Å². The summed E-state index contributed by atoms with van der Waals surface area (Å²) in [5.41, 5.74) is -2.14. The minimum Gasteiger partial charge on any atom is -0.479 e. The number of carboxylic acid groups (broad SMARTS) is 1. The lowest BCUT2D eigenvalue weighted by atomic mass is 9.80. The number of aliphatic carboxylic acids is 1. The Morgan fingerprint density at radius 3 is 1.83 bits per heavy atom. The molecule has 0 heterocycles. The zero-order valence-electron chi connectivity index (χ0n) is 13.1. The van der Waals surface area contributed by atoms with Gasteiger partial charge in [0.05, 0.1) is 12.2 Å². The minimum absolute atomic E-state index is 0.0428. The lowest BCUT2D eigenvalue weighted by molar-refractivity contribution is -0.187. The van der Waals surface area contributed by atoms with Gasteiger partial charge in [0.15, 0.2) is 5.60 Å². The molecule has 2 rings (SSSR count). The van der Waals surface area contributed by atoms with Crippen LogP contribution in [0.3, 0.4) is 0 Å². The van der Waals surface area contributed by atoms with Crippen molar-refractivity contribution in [1.29, 1.82) is 0 Å². The summed E-state index contributed by atoms with van der Waals surface area (Å²) in [7, 11) is -3.97. The van der Waals surface area contributed by atoms with Crippen LogP contribution in [-0.2, 0) is 15.1 Å². The summed E-state index contributed by atoms with van der Waals surface area (Å²) in [5, 5.41) is 45.2. The largest absolute Gasteiger partial charge is 0.479 e. The summed E-state index contributed by atoms with van der Waals surface area (Å²) >= 11 is 0. The zero-order chi connectivity index (χ0) is 18.5. The molecule has 24 heavy (non-hydrogen) atoms. The van der Waals surface area contributed by atoms with Crippen LogP contribution >= 0.6 is 0 Å². The van der Waals surface area contributed by atoms with E-state index >= 15 is 0 Å². The van der Waals surface area contributed by atoms with E-state index in [9.17, 15) is 18.3 Å². The molecule has 3 unspecified atom stereocenters. The van der Waals surface area contributed by atoms with Crippen LogP contribution < -0.4 is 4.72 Å². The average molecular weight is 371 g/mol. The zero-order valence-corrected chi connectivity index (χ0v) is 13.9. The van der Waals surface area contributed by atoms with Crippen molar-refractivity contribution in [3.05, 3.63) is 0 Å². The Labute approximate surface area is 140 Å². The molecule has 2 aliphatic carbocycles. The number of aliphatic hydroxyl groups excluding tert-OH is 3. The Hall–Kier alpha value is -0.820. The van der Waals surface area contributed by atoms with E-state index in [-0.39, 0.29) is 6.04 Å². The Kier molecular flexibility index (Phi) is 7.53. The number of rotatable bonds is 3. The monoisotopic (exact) mass is 371 g/mol. The van der Waals surface area contributed by atoms with E-state index < -0.39 is 53.0 Å². The second kappa shape index (κ2) is 8.52. The van der Waals surface area contributed by atoms with Crippen molar-refractivity contribution in [2.45, 2.75) is 74.9 Å². The summed E-state index contributed by atoms with van der Waals surface area (Å²) in [6.07, 6.45) is -0.195. The van der Waals surface area contributed by atoms with Crippen molar-refractivity contribution in [1.82, 2.24) is 4.72 Å². The van der Waals surface area contributed by atoms with Gasteiger partial charge in [0.25, 0.3) is 0 Å². The first-order chi connectivity index (χ1) is 10.9. The van der Waals surface area contributed by atoms with Crippen molar-refractivity contribution in [2.75, 3.05) is 0 Å². The van der Waals surface area contributed by atoms with Crippen LogP contribution in [0.4, 0.5) is 0 Å². The molecular formula is C13H25NO9S. The Morgan fingerprint density at radius 2 is 1.46 bits per heavy atom. The number of nitrogens with one attached hydrogen (secondary N) is 1. The summed E-state index contributed by atoms with van der Waals surface area (Å²) in [6.45, 7) is 0. The second-order valence-corrected chi connectivity index (χ2v) is 7.48. The van der Waals surface area contributed by atoms with Gasteiger partial charge >= 0.3 is 16.3 Å². The summed E-state index contributed by atoms with van der Waals surface area (Å²) in [5.74, 6) is -1.50. The lowest BCUT2D eigenvalue weighted by Crippen LogP contribution is -2.56. The van der Waals surface area contributed by atoms with Crippen LogP contribution in [0.15, 0.2) is 0 Å². The molecule has 0 spiro atoms. The van der Waals surface area contributed by atoms with Crippen molar-refractivity contribution in [3.63, 3.8) is 0 Å². The number of carboxylic acids is 1. The smallest absolute Gasteiger partial charge is 0.335 e. The highest BCUT2D eigenvalue weighted by molar-refractivity contribution is 7.83. The average Bonchev–Trinajstić information content (AvgIpc) is 2.44. The normalized spacial score (nSPS) is 35.0. The molecule has 0 aromatic carbocycles. The number of aliphatic hydroxyl groups is 4. The predicted molar refractivity (Wildman–Crippen MR) is 81.4 cm³/mol. The summed E-state index contributed by atoms with van der Waals surface area (Å²) in [6, 6.07) is -0.0428. The van der Waals surface area contributed by atoms with E-state index in [2.05, 4.69) is 4.72 Å². The van der Waals surface area contributed by atoms with E-state index in [1.807, 2.05) is 0 Å². The van der Waals surface area contributed by atoms with Crippen LogP contribution in [0.1, 0.15) is 44.9 Å². The number of hydrogen-bond donors (Lipinski definition) is 7. The van der Waals surface area contributed by atoms with Crippen LogP contribution in [0.2, 0.25) is 0 Å². The third-order valence-electron chi connectivity index (χ3n) is 4.20. The first-order valence-corrected chi connectivity index (χ1v) is 9.13. The van der Waals surface area contributed by atoms with Crippen molar-refractivity contribution >= 4 is 16.3 Å². The number of carbonyl (C=O) groups is 1. The van der Waals surface area contributed by atoms with Crippen LogP contribution in [0, 0.1) is 0 Å². The van der Waals surface area contributed by atoms with Crippen LogP contribution in [0.25, 0.3) is 0 Å². The fourth-order valence-electron chi connectivity index (χ4n) is 2.88. The first-order valence-electron chi connectivity index (χ1n) is 7.69. The fraction of sp³-hybridized carbons (Fsp3) is 0.923. The van der Waals surface area contributed by atoms with E-state index in [0.717, 1.165) is 25.7 Å². The van der Waals surface area contributed by atoms with Crippen molar-refractivity contribution in [2.24, 2.45) is 0 Å².